The van der Waals surface area contributed by atoms with Gasteiger partial charge in [0.05, 0.1) is 24.3 Å². The van der Waals surface area contributed by atoms with Crippen LogP contribution in [0.3, 0.4) is 0 Å². The predicted octanol–water partition coefficient (Wildman–Crippen LogP) is 1.73. The van der Waals surface area contributed by atoms with Gasteiger partial charge in [-0.1, -0.05) is 30.3 Å². The van der Waals surface area contributed by atoms with Crippen LogP contribution in [-0.2, 0) is 16.6 Å². The number of nitrogens with zero attached hydrogens (tertiary/aromatic N) is 2. The molecule has 1 aromatic carbocycles. The van der Waals surface area contributed by atoms with Crippen molar-refractivity contribution in [2.24, 2.45) is 0 Å². The van der Waals surface area contributed by atoms with E-state index in [0.717, 1.165) is 42.8 Å². The summed E-state index contributed by atoms with van der Waals surface area (Å²) in [5.74, 6) is -0.101. The third-order valence-corrected chi connectivity index (χ3v) is 6.36. The largest absolute Gasteiger partial charge is 0.390 e. The van der Waals surface area contributed by atoms with E-state index in [1.165, 1.54) is 5.56 Å². The topological polar surface area (TPSA) is 78.7 Å². The van der Waals surface area contributed by atoms with Crippen LogP contribution in [0.2, 0.25) is 0 Å². The molecule has 5 rings (SSSR count). The molecular weight excluding hydrogens is 352 g/mol. The lowest BCUT2D eigenvalue weighted by molar-refractivity contribution is -0.122. The molecule has 28 heavy (non-hydrogen) atoms. The van der Waals surface area contributed by atoms with E-state index in [0.29, 0.717) is 0 Å². The normalized spacial score (nSPS) is 23.0. The van der Waals surface area contributed by atoms with Gasteiger partial charge < -0.3 is 20.1 Å². The van der Waals surface area contributed by atoms with Crippen LogP contribution in [0.15, 0.2) is 54.9 Å². The number of imidazole rings is 1. The number of aliphatic hydroxyl groups excluding tert-OH is 1. The maximum Gasteiger partial charge on any atom is 0.226 e. The Labute approximate surface area is 163 Å². The third kappa shape index (κ3) is 2.64. The Bertz CT molecular complexity index is 1020. The molecule has 2 atom stereocenters. The molecule has 3 heterocycles. The SMILES string of the molecule is O=C(Cc1cnc2ccccn12)N[C@@H]1c2ccccc2C2(CCNCC2)[C@H]1O. The van der Waals surface area contributed by atoms with Gasteiger partial charge in [0.15, 0.2) is 0 Å². The minimum Gasteiger partial charge on any atom is -0.390 e. The molecule has 1 aliphatic carbocycles. The quantitative estimate of drug-likeness (QED) is 0.651. The predicted molar refractivity (Wildman–Crippen MR) is 106 cm³/mol. The lowest BCUT2D eigenvalue weighted by atomic mass is 9.72. The van der Waals surface area contributed by atoms with Gasteiger partial charge in [0, 0.05) is 17.8 Å². The maximum atomic E-state index is 12.9. The number of fused-ring (bicyclic) bond motifs is 3. The Morgan fingerprint density at radius 3 is 2.86 bits per heavy atom. The van der Waals surface area contributed by atoms with Crippen LogP contribution in [0.5, 0.6) is 0 Å². The van der Waals surface area contributed by atoms with Crippen molar-refractivity contribution < 1.29 is 9.90 Å². The molecule has 2 aromatic heterocycles. The Hall–Kier alpha value is -2.70. The minimum atomic E-state index is -0.613. The highest BCUT2D eigenvalue weighted by atomic mass is 16.3. The van der Waals surface area contributed by atoms with E-state index in [2.05, 4.69) is 21.7 Å². The molecule has 0 saturated carbocycles. The average molecular weight is 376 g/mol. The summed E-state index contributed by atoms with van der Waals surface area (Å²) in [6.45, 7) is 1.77. The fraction of sp³-hybridized carbons (Fsp3) is 0.364. The molecule has 0 bridgehead atoms. The van der Waals surface area contributed by atoms with Crippen LogP contribution < -0.4 is 10.6 Å². The monoisotopic (exact) mass is 376 g/mol. The van der Waals surface area contributed by atoms with Crippen molar-refractivity contribution in [3.63, 3.8) is 0 Å². The van der Waals surface area contributed by atoms with Crippen molar-refractivity contribution in [2.45, 2.75) is 36.8 Å². The fourth-order valence-electron chi connectivity index (χ4n) is 4.97. The summed E-state index contributed by atoms with van der Waals surface area (Å²) in [5, 5.41) is 17.8. The molecule has 0 unspecified atom stereocenters. The highest BCUT2D eigenvalue weighted by Crippen LogP contribution is 2.49. The second-order valence-electron chi connectivity index (χ2n) is 7.84. The van der Waals surface area contributed by atoms with Crippen molar-refractivity contribution in [2.75, 3.05) is 13.1 Å². The summed E-state index contributed by atoms with van der Waals surface area (Å²) in [7, 11) is 0. The van der Waals surface area contributed by atoms with Gasteiger partial charge in [-0.3, -0.25) is 4.79 Å². The van der Waals surface area contributed by atoms with Gasteiger partial charge in [0.2, 0.25) is 5.91 Å². The third-order valence-electron chi connectivity index (χ3n) is 6.36. The summed E-state index contributed by atoms with van der Waals surface area (Å²) >= 11 is 0. The van der Waals surface area contributed by atoms with E-state index in [1.807, 2.05) is 47.0 Å². The number of aromatic nitrogens is 2. The van der Waals surface area contributed by atoms with Crippen LogP contribution in [-0.4, -0.2) is 39.6 Å². The summed E-state index contributed by atoms with van der Waals surface area (Å²) < 4.78 is 1.92. The number of carbonyl (C=O) groups is 1. The number of pyridine rings is 1. The minimum absolute atomic E-state index is 0.101. The van der Waals surface area contributed by atoms with Crippen molar-refractivity contribution in [1.29, 1.82) is 0 Å². The van der Waals surface area contributed by atoms with Gasteiger partial charge in [-0.25, -0.2) is 4.98 Å². The number of amides is 1. The number of hydrogen-bond donors (Lipinski definition) is 3. The number of nitrogens with one attached hydrogen (secondary N) is 2. The van der Waals surface area contributed by atoms with Crippen molar-refractivity contribution >= 4 is 11.6 Å². The van der Waals surface area contributed by atoms with Gasteiger partial charge in [0.25, 0.3) is 0 Å². The van der Waals surface area contributed by atoms with E-state index < -0.39 is 6.10 Å². The molecule has 1 amide bonds. The standard InChI is InChI=1S/C22H24N4O2/c27-19(13-15-14-24-18-7-3-4-12-26(15)18)25-20-16-5-1-2-6-17(16)22(21(20)28)8-10-23-11-9-22/h1-7,12,14,20-21,23,28H,8-11,13H2,(H,25,27)/t20-,21+/m1/s1. The van der Waals surface area contributed by atoms with Crippen LogP contribution in [0.4, 0.5) is 0 Å². The zero-order chi connectivity index (χ0) is 19.1. The van der Waals surface area contributed by atoms with E-state index in [1.54, 1.807) is 6.20 Å². The number of rotatable bonds is 3. The zero-order valence-corrected chi connectivity index (χ0v) is 15.6. The number of hydrogen-bond acceptors (Lipinski definition) is 4. The van der Waals surface area contributed by atoms with Crippen LogP contribution >= 0.6 is 0 Å². The smallest absolute Gasteiger partial charge is 0.226 e. The molecule has 3 aromatic rings. The van der Waals surface area contributed by atoms with E-state index in [4.69, 9.17) is 0 Å². The molecule has 3 N–H and O–H groups in total. The van der Waals surface area contributed by atoms with E-state index >= 15 is 0 Å². The van der Waals surface area contributed by atoms with Gasteiger partial charge in [-0.05, 0) is 49.2 Å². The summed E-state index contributed by atoms with van der Waals surface area (Å²) in [6.07, 6.45) is 5.02. The second kappa shape index (κ2) is 6.72. The highest BCUT2D eigenvalue weighted by Gasteiger charge is 2.52. The molecule has 1 aliphatic heterocycles. The molecule has 2 aliphatic rings. The van der Waals surface area contributed by atoms with E-state index in [-0.39, 0.29) is 23.8 Å². The van der Waals surface area contributed by atoms with Crippen molar-refractivity contribution in [3.05, 3.63) is 71.7 Å². The second-order valence-corrected chi connectivity index (χ2v) is 7.84. The highest BCUT2D eigenvalue weighted by molar-refractivity contribution is 5.79. The lowest BCUT2D eigenvalue weighted by Crippen LogP contribution is -2.48. The Kier molecular flexibility index (Phi) is 4.18. The zero-order valence-electron chi connectivity index (χ0n) is 15.6. The average Bonchev–Trinajstić information content (AvgIpc) is 3.23. The molecule has 1 saturated heterocycles. The lowest BCUT2D eigenvalue weighted by Gasteiger charge is -2.38. The van der Waals surface area contributed by atoms with Gasteiger partial charge in [-0.2, -0.15) is 0 Å². The van der Waals surface area contributed by atoms with E-state index in [9.17, 15) is 9.90 Å². The first-order valence-electron chi connectivity index (χ1n) is 9.87. The fourth-order valence-corrected chi connectivity index (χ4v) is 4.97. The summed E-state index contributed by atoms with van der Waals surface area (Å²) in [4.78, 5) is 17.2. The molecule has 144 valence electrons. The Morgan fingerprint density at radius 2 is 2.00 bits per heavy atom. The van der Waals surface area contributed by atoms with Gasteiger partial charge >= 0.3 is 0 Å². The number of aliphatic hydroxyl groups is 1. The molecule has 6 nitrogen and oxygen atoms in total. The first-order valence-corrected chi connectivity index (χ1v) is 9.87. The molecule has 6 heteroatoms. The Balaban J connectivity index is 1.41. The van der Waals surface area contributed by atoms with Crippen LogP contribution in [0, 0.1) is 0 Å². The van der Waals surface area contributed by atoms with Gasteiger partial charge in [-0.15, -0.1) is 0 Å². The first kappa shape index (κ1) is 17.4. The van der Waals surface area contributed by atoms with Crippen molar-refractivity contribution in [1.82, 2.24) is 20.0 Å². The molecular formula is C22H24N4O2. The number of benzene rings is 1. The van der Waals surface area contributed by atoms with Crippen molar-refractivity contribution in [3.8, 4) is 0 Å². The maximum absolute atomic E-state index is 12.9. The molecule has 1 fully saturated rings. The number of piperidine rings is 1. The van der Waals surface area contributed by atoms with Crippen LogP contribution in [0.25, 0.3) is 5.65 Å². The summed E-state index contributed by atoms with van der Waals surface area (Å²) in [6, 6.07) is 13.5. The first-order chi connectivity index (χ1) is 13.7. The molecule has 0 radical (unpaired) electrons. The van der Waals surface area contributed by atoms with Crippen LogP contribution in [0.1, 0.15) is 35.7 Å². The number of carbonyl (C=O) groups excluding carboxylic acids is 1. The van der Waals surface area contributed by atoms with Gasteiger partial charge in [0.1, 0.15) is 5.65 Å². The molecule has 1 spiro atoms. The Morgan fingerprint density at radius 1 is 1.21 bits per heavy atom. The summed E-state index contributed by atoms with van der Waals surface area (Å²) in [5.41, 5.74) is 3.62.